The first-order valence-corrected chi connectivity index (χ1v) is 4.80. The molecule has 1 aromatic carbocycles. The molecule has 0 amide bonds. The van der Waals surface area contributed by atoms with E-state index in [1.165, 1.54) is 18.1 Å². The predicted molar refractivity (Wildman–Crippen MR) is 58.1 cm³/mol. The van der Waals surface area contributed by atoms with Crippen molar-refractivity contribution in [1.29, 1.82) is 0 Å². The molecule has 0 spiro atoms. The van der Waals surface area contributed by atoms with Crippen molar-refractivity contribution < 1.29 is 14.3 Å². The van der Waals surface area contributed by atoms with E-state index in [0.717, 1.165) is 6.29 Å². The van der Waals surface area contributed by atoms with Crippen LogP contribution in [0.1, 0.15) is 21.0 Å². The Bertz CT molecular complexity index is 545. The van der Waals surface area contributed by atoms with E-state index < -0.39 is 5.97 Å². The van der Waals surface area contributed by atoms with Gasteiger partial charge in [0.15, 0.2) is 0 Å². The number of benzene rings is 1. The Balaban J connectivity index is 2.30. The van der Waals surface area contributed by atoms with Gasteiger partial charge in [0, 0.05) is 5.56 Å². The van der Waals surface area contributed by atoms with Crippen LogP contribution in [0.2, 0.25) is 0 Å². The normalized spacial score (nSPS) is 9.94. The Hall–Kier alpha value is -2.50. The Morgan fingerprint density at radius 2 is 2.06 bits per heavy atom. The Kier molecular flexibility index (Phi) is 2.95. The molecule has 0 aliphatic carbocycles. The lowest BCUT2D eigenvalue weighted by Crippen LogP contribution is -2.05. The van der Waals surface area contributed by atoms with Gasteiger partial charge in [-0.1, -0.05) is 0 Å². The largest absolute Gasteiger partial charge is 0.463 e. The van der Waals surface area contributed by atoms with Crippen LogP contribution in [0, 0.1) is 0 Å². The molecule has 6 heteroatoms. The second-order valence-corrected chi connectivity index (χ2v) is 3.21. The number of hydrogen-bond acceptors (Lipinski definition) is 5. The van der Waals surface area contributed by atoms with Gasteiger partial charge in [0.2, 0.25) is 0 Å². The van der Waals surface area contributed by atoms with Crippen LogP contribution in [0.15, 0.2) is 30.6 Å². The summed E-state index contributed by atoms with van der Waals surface area (Å²) in [7, 11) is 1.27. The molecule has 1 aromatic heterocycles. The lowest BCUT2D eigenvalue weighted by atomic mass is 10.2. The molecule has 0 unspecified atom stereocenters. The monoisotopic (exact) mass is 231 g/mol. The van der Waals surface area contributed by atoms with Crippen LogP contribution in [0.5, 0.6) is 0 Å². The van der Waals surface area contributed by atoms with Crippen molar-refractivity contribution in [1.82, 2.24) is 14.8 Å². The number of rotatable bonds is 3. The number of ether oxygens (including phenoxy) is 1. The maximum atomic E-state index is 11.2. The van der Waals surface area contributed by atoms with E-state index in [4.69, 9.17) is 0 Å². The van der Waals surface area contributed by atoms with Gasteiger partial charge in [-0.3, -0.25) is 4.79 Å². The highest BCUT2D eigenvalue weighted by Gasteiger charge is 2.11. The summed E-state index contributed by atoms with van der Waals surface area (Å²) in [5.74, 6) is -0.597. The minimum atomic E-state index is -0.590. The third kappa shape index (κ3) is 2.20. The van der Waals surface area contributed by atoms with Crippen molar-refractivity contribution in [2.45, 2.75) is 0 Å². The van der Waals surface area contributed by atoms with Crippen molar-refractivity contribution in [2.24, 2.45) is 0 Å². The fraction of sp³-hybridized carbons (Fsp3) is 0.0909. The summed E-state index contributed by atoms with van der Waals surface area (Å²) in [6.45, 7) is 0. The second-order valence-electron chi connectivity index (χ2n) is 3.21. The smallest absolute Gasteiger partial charge is 0.377 e. The summed E-state index contributed by atoms with van der Waals surface area (Å²) in [5, 5.41) is 3.95. The van der Waals surface area contributed by atoms with Crippen LogP contribution in [-0.2, 0) is 4.74 Å². The summed E-state index contributed by atoms with van der Waals surface area (Å²) in [5.41, 5.74) is 1.28. The molecular weight excluding hydrogens is 222 g/mol. The van der Waals surface area contributed by atoms with Crippen molar-refractivity contribution in [2.75, 3.05) is 7.11 Å². The van der Waals surface area contributed by atoms with Gasteiger partial charge in [-0.25, -0.2) is 14.5 Å². The van der Waals surface area contributed by atoms with Gasteiger partial charge in [0.05, 0.1) is 12.8 Å². The van der Waals surface area contributed by atoms with Crippen molar-refractivity contribution in [3.8, 4) is 5.69 Å². The number of aldehydes is 1. The summed E-state index contributed by atoms with van der Waals surface area (Å²) >= 11 is 0. The molecule has 0 saturated carbocycles. The first-order valence-electron chi connectivity index (χ1n) is 4.80. The molecule has 6 nitrogen and oxygen atoms in total. The predicted octanol–water partition coefficient (Wildman–Crippen LogP) is 0.866. The van der Waals surface area contributed by atoms with E-state index >= 15 is 0 Å². The fourth-order valence-corrected chi connectivity index (χ4v) is 1.28. The van der Waals surface area contributed by atoms with Crippen molar-refractivity contribution in [3.63, 3.8) is 0 Å². The number of carbonyl (C=O) groups is 2. The highest BCUT2D eigenvalue weighted by atomic mass is 16.5. The van der Waals surface area contributed by atoms with Gasteiger partial charge < -0.3 is 4.74 Å². The molecule has 0 saturated heterocycles. The first kappa shape index (κ1) is 11.0. The molecule has 1 heterocycles. The maximum Gasteiger partial charge on any atom is 0.377 e. The van der Waals surface area contributed by atoms with Gasteiger partial charge in [0.25, 0.3) is 5.82 Å². The molecular formula is C11H9N3O3. The molecule has 0 N–H and O–H groups in total. The summed E-state index contributed by atoms with van der Waals surface area (Å²) < 4.78 is 5.93. The number of methoxy groups -OCH3 is 1. The van der Waals surface area contributed by atoms with Crippen molar-refractivity contribution in [3.05, 3.63) is 42.0 Å². The number of carbonyl (C=O) groups excluding carboxylic acids is 2. The molecule has 0 aliphatic rings. The van der Waals surface area contributed by atoms with Crippen LogP contribution in [0.4, 0.5) is 0 Å². The van der Waals surface area contributed by atoms with Crippen LogP contribution >= 0.6 is 0 Å². The molecule has 0 atom stereocenters. The lowest BCUT2D eigenvalue weighted by molar-refractivity contribution is 0.0587. The quantitative estimate of drug-likeness (QED) is 0.578. The van der Waals surface area contributed by atoms with E-state index in [1.807, 2.05) is 0 Å². The zero-order chi connectivity index (χ0) is 12.3. The van der Waals surface area contributed by atoms with E-state index in [2.05, 4.69) is 14.8 Å². The van der Waals surface area contributed by atoms with Gasteiger partial charge in [-0.2, -0.15) is 0 Å². The number of hydrogen-bond donors (Lipinski definition) is 0. The fourth-order valence-electron chi connectivity index (χ4n) is 1.28. The van der Waals surface area contributed by atoms with Crippen LogP contribution in [-0.4, -0.2) is 34.1 Å². The molecule has 0 bridgehead atoms. The van der Waals surface area contributed by atoms with Crippen LogP contribution < -0.4 is 0 Å². The Labute approximate surface area is 96.8 Å². The molecule has 0 radical (unpaired) electrons. The molecule has 2 rings (SSSR count). The zero-order valence-electron chi connectivity index (χ0n) is 9.03. The minimum absolute atomic E-state index is 0.00744. The standard InChI is InChI=1S/C11H9N3O3/c1-17-11(16)10-12-7-14(13-10)9-4-2-8(6-15)3-5-9/h2-7H,1H3. The average Bonchev–Trinajstić information content (AvgIpc) is 2.87. The molecule has 0 aliphatic heterocycles. The lowest BCUT2D eigenvalue weighted by Gasteiger charge is -1.99. The first-order chi connectivity index (χ1) is 8.24. The van der Waals surface area contributed by atoms with E-state index in [1.54, 1.807) is 24.3 Å². The maximum absolute atomic E-state index is 11.2. The SMILES string of the molecule is COC(=O)c1ncn(-c2ccc(C=O)cc2)n1. The molecule has 2 aromatic rings. The van der Waals surface area contributed by atoms with Crippen LogP contribution in [0.25, 0.3) is 5.69 Å². The minimum Gasteiger partial charge on any atom is -0.463 e. The third-order valence-electron chi connectivity index (χ3n) is 2.15. The Morgan fingerprint density at radius 1 is 1.35 bits per heavy atom. The molecule has 0 fully saturated rings. The zero-order valence-corrected chi connectivity index (χ0v) is 9.03. The highest BCUT2D eigenvalue weighted by molar-refractivity contribution is 5.84. The average molecular weight is 231 g/mol. The highest BCUT2D eigenvalue weighted by Crippen LogP contribution is 2.07. The summed E-state index contributed by atoms with van der Waals surface area (Å²) in [6, 6.07) is 6.72. The van der Waals surface area contributed by atoms with Gasteiger partial charge in [-0.05, 0) is 24.3 Å². The van der Waals surface area contributed by atoms with Gasteiger partial charge in [0.1, 0.15) is 12.6 Å². The number of esters is 1. The second kappa shape index (κ2) is 4.56. The Morgan fingerprint density at radius 3 is 2.65 bits per heavy atom. The molecule has 17 heavy (non-hydrogen) atoms. The van der Waals surface area contributed by atoms with E-state index in [-0.39, 0.29) is 5.82 Å². The van der Waals surface area contributed by atoms with Gasteiger partial charge in [-0.15, -0.1) is 5.10 Å². The van der Waals surface area contributed by atoms with Crippen molar-refractivity contribution >= 4 is 12.3 Å². The van der Waals surface area contributed by atoms with E-state index in [9.17, 15) is 9.59 Å². The summed E-state index contributed by atoms with van der Waals surface area (Å²) in [6.07, 6.45) is 2.16. The topological polar surface area (TPSA) is 74.1 Å². The van der Waals surface area contributed by atoms with E-state index in [0.29, 0.717) is 11.3 Å². The number of nitrogens with zero attached hydrogens (tertiary/aromatic N) is 3. The number of aromatic nitrogens is 3. The molecule has 86 valence electrons. The third-order valence-corrected chi connectivity index (χ3v) is 2.15. The van der Waals surface area contributed by atoms with Crippen LogP contribution in [0.3, 0.4) is 0 Å². The summed E-state index contributed by atoms with van der Waals surface area (Å²) in [4.78, 5) is 25.5. The van der Waals surface area contributed by atoms with Gasteiger partial charge >= 0.3 is 5.97 Å².